The van der Waals surface area contributed by atoms with Crippen molar-refractivity contribution in [3.63, 3.8) is 0 Å². The molecule has 57 valence electrons. The molecule has 0 aliphatic rings. The van der Waals surface area contributed by atoms with Crippen LogP contribution in [0.4, 0.5) is 0 Å². The monoisotopic (exact) mass is 179 g/mol. The number of hydrogen-bond acceptors (Lipinski definition) is 1. The van der Waals surface area contributed by atoms with Crippen LogP contribution in [0.1, 0.15) is 0 Å². The van der Waals surface area contributed by atoms with Crippen molar-refractivity contribution in [2.45, 2.75) is 4.74 Å². The second-order valence-corrected chi connectivity index (χ2v) is 4.19. The highest BCUT2D eigenvalue weighted by Gasteiger charge is 2.22. The molecule has 5 heteroatoms. The van der Waals surface area contributed by atoms with Gasteiger partial charge in [0.05, 0.1) is 0 Å². The number of nitrogens with zero attached hydrogens (tertiary/aromatic N) is 2. The highest BCUT2D eigenvalue weighted by Crippen LogP contribution is 2.11. The van der Waals surface area contributed by atoms with E-state index in [1.165, 1.54) is 0 Å². The zero-order chi connectivity index (χ0) is 8.36. The molecule has 0 aromatic rings. The number of quaternary nitrogens is 1. The van der Waals surface area contributed by atoms with Crippen molar-refractivity contribution in [1.29, 1.82) is 5.26 Å². The summed E-state index contributed by atoms with van der Waals surface area (Å²) in [6.45, 7) is -0.358. The largest absolute Gasteiger partial charge is 0.530 e. The average Bonchev–Trinajstić information content (AvgIpc) is 1.60. The summed E-state index contributed by atoms with van der Waals surface area (Å²) in [5.74, 6) is 2.05. The van der Waals surface area contributed by atoms with E-state index in [9.17, 15) is 0 Å². The Balaban J connectivity index is 4.26. The van der Waals surface area contributed by atoms with E-state index in [1.54, 1.807) is 0 Å². The molecule has 1 radical (unpaired) electrons. The van der Waals surface area contributed by atoms with Crippen LogP contribution >= 0.6 is 23.2 Å². The SMILES string of the molecule is C[N+](C)(C)[B-](C#N)C(Cl)Cl. The maximum absolute atomic E-state index is 8.60. The van der Waals surface area contributed by atoms with E-state index in [1.807, 2.05) is 27.1 Å². The molecule has 0 unspecified atom stereocenters. The standard InChI is InChI=1S/C5H10BCl2N2/c1-10(2,3)6(4-9)5(7)8/h5H,1-3H3. The van der Waals surface area contributed by atoms with Crippen LogP contribution < -0.4 is 0 Å². The van der Waals surface area contributed by atoms with Gasteiger partial charge in [0, 0.05) is 25.9 Å². The first-order chi connectivity index (χ1) is 4.39. The van der Waals surface area contributed by atoms with Gasteiger partial charge < -0.3 is 4.39 Å². The van der Waals surface area contributed by atoms with Crippen molar-refractivity contribution in [3.8, 4) is 5.97 Å². The van der Waals surface area contributed by atoms with Gasteiger partial charge in [0.25, 0.3) is 6.85 Å². The minimum atomic E-state index is -0.620. The Kier molecular flexibility index (Phi) is 3.51. The third-order valence-corrected chi connectivity index (χ3v) is 1.68. The first kappa shape index (κ1) is 10.1. The Morgan fingerprint density at radius 3 is 1.80 bits per heavy atom. The fourth-order valence-electron chi connectivity index (χ4n) is 0.568. The summed E-state index contributed by atoms with van der Waals surface area (Å²) in [4.78, 5) is 0. The molecule has 0 aliphatic carbocycles. The number of rotatable bonds is 2. The molecular weight excluding hydrogens is 170 g/mol. The molecule has 10 heavy (non-hydrogen) atoms. The molecule has 0 saturated carbocycles. The van der Waals surface area contributed by atoms with E-state index in [2.05, 4.69) is 0 Å². The Hall–Kier alpha value is 0.0949. The Morgan fingerprint density at radius 1 is 1.40 bits per heavy atom. The molecule has 0 heterocycles. The van der Waals surface area contributed by atoms with Crippen molar-refractivity contribution in [3.05, 3.63) is 0 Å². The summed E-state index contributed by atoms with van der Waals surface area (Å²) in [5, 5.41) is 8.60. The molecule has 0 spiro atoms. The predicted molar refractivity (Wildman–Crippen MR) is 44.9 cm³/mol. The Morgan fingerprint density at radius 2 is 1.80 bits per heavy atom. The summed E-state index contributed by atoms with van der Waals surface area (Å²) in [7, 11) is 5.64. The van der Waals surface area contributed by atoms with E-state index in [0.29, 0.717) is 4.39 Å². The van der Waals surface area contributed by atoms with Gasteiger partial charge in [-0.3, -0.25) is 0 Å². The molecule has 0 bridgehead atoms. The molecule has 2 nitrogen and oxygen atoms in total. The van der Waals surface area contributed by atoms with E-state index in [4.69, 9.17) is 28.5 Å². The second kappa shape index (κ2) is 3.48. The minimum Gasteiger partial charge on any atom is -0.530 e. The van der Waals surface area contributed by atoms with E-state index < -0.39 is 4.74 Å². The second-order valence-electron chi connectivity index (χ2n) is 3.02. The van der Waals surface area contributed by atoms with Crippen LogP contribution in [-0.2, 0) is 0 Å². The number of hydrogen-bond donors (Lipinski definition) is 0. The van der Waals surface area contributed by atoms with E-state index in [0.717, 1.165) is 0 Å². The number of nitriles is 1. The summed E-state index contributed by atoms with van der Waals surface area (Å²) < 4.78 is -0.154. The Bertz CT molecular complexity index is 147. The van der Waals surface area contributed by atoms with Crippen LogP contribution in [0.25, 0.3) is 0 Å². The van der Waals surface area contributed by atoms with Gasteiger partial charge in [-0.25, -0.2) is 5.26 Å². The average molecular weight is 180 g/mol. The highest BCUT2D eigenvalue weighted by molar-refractivity contribution is 6.80. The predicted octanol–water partition coefficient (Wildman–Crippen LogP) is 1.09. The zero-order valence-corrected chi connectivity index (χ0v) is 7.82. The van der Waals surface area contributed by atoms with Crippen LogP contribution in [0.3, 0.4) is 0 Å². The molecule has 0 amide bonds. The highest BCUT2D eigenvalue weighted by atomic mass is 35.5. The van der Waals surface area contributed by atoms with Crippen molar-refractivity contribution >= 4 is 30.0 Å². The summed E-state index contributed by atoms with van der Waals surface area (Å²) in [6, 6.07) is 0. The van der Waals surface area contributed by atoms with Crippen LogP contribution in [0.2, 0.25) is 0 Å². The van der Waals surface area contributed by atoms with Gasteiger partial charge in [-0.05, 0) is 0 Å². The maximum Gasteiger partial charge on any atom is 0.276 e. The fourth-order valence-corrected chi connectivity index (χ4v) is 1.36. The lowest BCUT2D eigenvalue weighted by Gasteiger charge is -2.40. The molecule has 0 aromatic heterocycles. The molecule has 0 aromatic carbocycles. The lowest BCUT2D eigenvalue weighted by Crippen LogP contribution is -2.52. The zero-order valence-electron chi connectivity index (χ0n) is 6.31. The molecule has 0 aliphatic heterocycles. The van der Waals surface area contributed by atoms with Crippen molar-refractivity contribution in [1.82, 2.24) is 0 Å². The van der Waals surface area contributed by atoms with Crippen LogP contribution in [0, 0.1) is 11.2 Å². The van der Waals surface area contributed by atoms with Crippen LogP contribution in [-0.4, -0.2) is 37.1 Å². The van der Waals surface area contributed by atoms with Gasteiger partial charge in [0.2, 0.25) is 0 Å². The van der Waals surface area contributed by atoms with Gasteiger partial charge in [0.15, 0.2) is 0 Å². The topological polar surface area (TPSA) is 23.8 Å². The molecule has 0 saturated heterocycles. The summed E-state index contributed by atoms with van der Waals surface area (Å²) in [6.07, 6.45) is 0. The molecule has 0 rings (SSSR count). The van der Waals surface area contributed by atoms with Gasteiger partial charge in [-0.15, -0.1) is 29.2 Å². The number of alkyl halides is 2. The Labute approximate surface area is 72.0 Å². The summed E-state index contributed by atoms with van der Waals surface area (Å²) >= 11 is 11.1. The first-order valence-electron chi connectivity index (χ1n) is 2.88. The third kappa shape index (κ3) is 2.79. The van der Waals surface area contributed by atoms with Crippen LogP contribution in [0.15, 0.2) is 0 Å². The van der Waals surface area contributed by atoms with E-state index in [-0.39, 0.29) is 6.85 Å². The van der Waals surface area contributed by atoms with Crippen molar-refractivity contribution in [2.24, 2.45) is 0 Å². The lowest BCUT2D eigenvalue weighted by molar-refractivity contribution is -0.760. The fraction of sp³-hybridized carbons (Fsp3) is 0.800. The van der Waals surface area contributed by atoms with E-state index >= 15 is 0 Å². The molecule has 0 N–H and O–H groups in total. The smallest absolute Gasteiger partial charge is 0.276 e. The van der Waals surface area contributed by atoms with Gasteiger partial charge in [0.1, 0.15) is 0 Å². The van der Waals surface area contributed by atoms with Gasteiger partial charge in [-0.2, -0.15) is 0 Å². The van der Waals surface area contributed by atoms with Gasteiger partial charge >= 0.3 is 0 Å². The third-order valence-electron chi connectivity index (χ3n) is 1.21. The quantitative estimate of drug-likeness (QED) is 0.460. The van der Waals surface area contributed by atoms with Gasteiger partial charge in [-0.1, -0.05) is 0 Å². The van der Waals surface area contributed by atoms with Crippen molar-refractivity contribution < 1.29 is 4.39 Å². The molecule has 0 atom stereocenters. The first-order valence-corrected chi connectivity index (χ1v) is 3.75. The lowest BCUT2D eigenvalue weighted by atomic mass is 9.63. The number of halogens is 2. The molecule has 0 fully saturated rings. The van der Waals surface area contributed by atoms with Crippen LogP contribution in [0.5, 0.6) is 0 Å². The summed E-state index contributed by atoms with van der Waals surface area (Å²) in [5.41, 5.74) is 0. The normalized spacial score (nSPS) is 12.2. The molecular formula is C5H10BCl2N2. The minimum absolute atomic E-state index is 0.358. The maximum atomic E-state index is 8.60. The van der Waals surface area contributed by atoms with Crippen molar-refractivity contribution in [2.75, 3.05) is 21.1 Å².